The van der Waals surface area contributed by atoms with E-state index in [-0.39, 0.29) is 25.4 Å². The summed E-state index contributed by atoms with van der Waals surface area (Å²) in [4.78, 5) is 11.2. The average Bonchev–Trinajstić information content (AvgIpc) is 2.65. The maximum absolute atomic E-state index is 11.2. The van der Waals surface area contributed by atoms with Gasteiger partial charge in [0.15, 0.2) is 0 Å². The molecule has 0 radical (unpaired) electrons. The normalized spacial score (nSPS) is 29.6. The van der Waals surface area contributed by atoms with E-state index < -0.39 is 12.7 Å². The molecule has 3 unspecified atom stereocenters. The molecule has 1 rings (SSSR count). The molecule has 1 heterocycles. The summed E-state index contributed by atoms with van der Waals surface area (Å²) in [5, 5.41) is 2.57. The highest BCUT2D eigenvalue weighted by Gasteiger charge is 2.28. The highest BCUT2D eigenvalue weighted by atomic mass is 16.6. The van der Waals surface area contributed by atoms with Crippen LogP contribution in [-0.4, -0.2) is 44.6 Å². The molecule has 3 atom stereocenters. The van der Waals surface area contributed by atoms with Gasteiger partial charge in [0.25, 0.3) is 0 Å². The minimum absolute atomic E-state index is 0.137. The molecule has 0 aromatic rings. The minimum atomic E-state index is -0.581. The lowest BCUT2D eigenvalue weighted by Gasteiger charge is -2.18. The van der Waals surface area contributed by atoms with E-state index >= 15 is 0 Å². The van der Waals surface area contributed by atoms with Crippen molar-refractivity contribution in [2.24, 2.45) is 0 Å². The van der Waals surface area contributed by atoms with E-state index in [1.165, 1.54) is 6.08 Å². The van der Waals surface area contributed by atoms with Crippen molar-refractivity contribution >= 4 is 6.09 Å². The number of carbonyl (C=O) groups is 1. The van der Waals surface area contributed by atoms with Gasteiger partial charge < -0.3 is 19.5 Å². The summed E-state index contributed by atoms with van der Waals surface area (Å²) < 4.78 is 23.0. The second-order valence-corrected chi connectivity index (χ2v) is 3.34. The smallest absolute Gasteiger partial charge is 0.407 e. The molecule has 5 nitrogen and oxygen atoms in total. The molecule has 92 valence electrons. The van der Waals surface area contributed by atoms with Crippen LogP contribution < -0.4 is 5.32 Å². The Labute approximate surface area is 97.2 Å². The molecule has 1 saturated heterocycles. The lowest BCUT2D eigenvalue weighted by molar-refractivity contribution is -0.00284. The quantitative estimate of drug-likeness (QED) is 0.695. The van der Waals surface area contributed by atoms with Crippen molar-refractivity contribution in [3.05, 3.63) is 12.7 Å². The van der Waals surface area contributed by atoms with Crippen molar-refractivity contribution in [3.63, 3.8) is 0 Å². The average molecular weight is 231 g/mol. The number of carbonyl (C=O) groups excluding carboxylic acids is 1. The van der Waals surface area contributed by atoms with E-state index in [9.17, 15) is 4.79 Å². The molecule has 0 aromatic carbocycles. The maximum atomic E-state index is 11.2. The Morgan fingerprint density at radius 1 is 1.81 bits per heavy atom. The van der Waals surface area contributed by atoms with Gasteiger partial charge in [0.05, 0.1) is 7.47 Å². The van der Waals surface area contributed by atoms with Gasteiger partial charge in [-0.05, 0) is 13.3 Å². The Morgan fingerprint density at radius 3 is 3.31 bits per heavy atom. The van der Waals surface area contributed by atoms with E-state index in [4.69, 9.17) is 15.6 Å². The third-order valence-electron chi connectivity index (χ3n) is 2.17. The predicted octanol–water partition coefficient (Wildman–Crippen LogP) is 1.09. The van der Waals surface area contributed by atoms with Crippen LogP contribution in [-0.2, 0) is 14.2 Å². The van der Waals surface area contributed by atoms with Gasteiger partial charge in [0.1, 0.15) is 12.7 Å². The SMILES string of the molecule is [3H]C1CC(OCC)C(CNC(=O)OCC=C)O1. The van der Waals surface area contributed by atoms with Crippen LogP contribution in [0.4, 0.5) is 4.79 Å². The van der Waals surface area contributed by atoms with Crippen molar-refractivity contribution in [3.8, 4) is 0 Å². The molecule has 16 heavy (non-hydrogen) atoms. The third-order valence-corrected chi connectivity index (χ3v) is 2.17. The Kier molecular flexibility index (Phi) is 5.17. The van der Waals surface area contributed by atoms with Crippen molar-refractivity contribution in [2.45, 2.75) is 25.6 Å². The van der Waals surface area contributed by atoms with Crippen LogP contribution in [0, 0.1) is 0 Å². The van der Waals surface area contributed by atoms with Crippen LogP contribution in [0.3, 0.4) is 0 Å². The van der Waals surface area contributed by atoms with E-state index in [0.717, 1.165) is 0 Å². The first kappa shape index (κ1) is 11.4. The van der Waals surface area contributed by atoms with Crippen molar-refractivity contribution in [2.75, 3.05) is 26.3 Å². The van der Waals surface area contributed by atoms with Crippen LogP contribution >= 0.6 is 0 Å². The monoisotopic (exact) mass is 231 g/mol. The molecule has 1 aliphatic rings. The number of alkyl carbamates (subject to hydrolysis) is 1. The predicted molar refractivity (Wildman–Crippen MR) is 59.3 cm³/mol. The molecule has 0 bridgehead atoms. The van der Waals surface area contributed by atoms with E-state index in [1.807, 2.05) is 6.92 Å². The van der Waals surface area contributed by atoms with Crippen LogP contribution in [0.15, 0.2) is 12.7 Å². The van der Waals surface area contributed by atoms with Crippen molar-refractivity contribution in [1.82, 2.24) is 5.32 Å². The summed E-state index contributed by atoms with van der Waals surface area (Å²) in [6.45, 7) is 5.78. The summed E-state index contributed by atoms with van der Waals surface area (Å²) in [6, 6.07) is 0. The molecule has 5 heteroatoms. The summed E-state index contributed by atoms with van der Waals surface area (Å²) in [5.74, 6) is 0. The van der Waals surface area contributed by atoms with Gasteiger partial charge in [0, 0.05) is 19.7 Å². The summed E-state index contributed by atoms with van der Waals surface area (Å²) in [6.07, 6.45) is 1.09. The number of hydrogen-bond acceptors (Lipinski definition) is 4. The lowest BCUT2D eigenvalue weighted by Crippen LogP contribution is -2.38. The Bertz CT molecular complexity index is 262. The largest absolute Gasteiger partial charge is 0.445 e. The van der Waals surface area contributed by atoms with Crippen LogP contribution in [0.1, 0.15) is 14.7 Å². The van der Waals surface area contributed by atoms with Crippen LogP contribution in [0.25, 0.3) is 0 Å². The van der Waals surface area contributed by atoms with Gasteiger partial charge in [0.2, 0.25) is 0 Å². The van der Waals surface area contributed by atoms with Gasteiger partial charge in [-0.2, -0.15) is 0 Å². The van der Waals surface area contributed by atoms with Crippen molar-refractivity contribution < 1.29 is 20.4 Å². The molecule has 1 amide bonds. The molecule has 0 spiro atoms. The van der Waals surface area contributed by atoms with Crippen molar-refractivity contribution in [1.29, 1.82) is 0 Å². The molecular weight excluding hydrogens is 210 g/mol. The maximum Gasteiger partial charge on any atom is 0.407 e. The molecule has 0 aromatic heterocycles. The first-order chi connectivity index (χ1) is 8.17. The van der Waals surface area contributed by atoms with Crippen LogP contribution in [0.2, 0.25) is 0 Å². The fourth-order valence-corrected chi connectivity index (χ4v) is 1.45. The van der Waals surface area contributed by atoms with Gasteiger partial charge in [-0.1, -0.05) is 12.7 Å². The fourth-order valence-electron chi connectivity index (χ4n) is 1.45. The molecule has 0 saturated carbocycles. The first-order valence-corrected chi connectivity index (χ1v) is 5.38. The molecule has 1 fully saturated rings. The second-order valence-electron chi connectivity index (χ2n) is 3.34. The van der Waals surface area contributed by atoms with Gasteiger partial charge in [-0.15, -0.1) is 0 Å². The Morgan fingerprint density at radius 2 is 2.62 bits per heavy atom. The third kappa shape index (κ3) is 4.20. The van der Waals surface area contributed by atoms with E-state index in [1.54, 1.807) is 0 Å². The van der Waals surface area contributed by atoms with E-state index in [0.29, 0.717) is 13.0 Å². The summed E-state index contributed by atoms with van der Waals surface area (Å²) in [7, 11) is 0. The highest BCUT2D eigenvalue weighted by molar-refractivity contribution is 5.67. The van der Waals surface area contributed by atoms with Gasteiger partial charge in [-0.3, -0.25) is 0 Å². The number of rotatable bonds is 6. The minimum Gasteiger partial charge on any atom is -0.445 e. The zero-order valence-electron chi connectivity index (χ0n) is 10.5. The summed E-state index contributed by atoms with van der Waals surface area (Å²) >= 11 is 0. The molecule has 0 aliphatic carbocycles. The summed E-state index contributed by atoms with van der Waals surface area (Å²) in [5.41, 5.74) is 0. The van der Waals surface area contributed by atoms with E-state index in [2.05, 4.69) is 11.9 Å². The van der Waals surface area contributed by atoms with Gasteiger partial charge in [-0.25, -0.2) is 4.79 Å². The standard InChI is InChI=1S/C11H19NO4/c1-3-6-16-11(13)12-8-10-9(14-4-2)5-7-15-10/h3,9-10H,1,4-8H2,2H3,(H,12,13)/i7T. The number of hydrogen-bond donors (Lipinski definition) is 1. The zero-order chi connectivity index (χ0) is 12.7. The Hall–Kier alpha value is -1.07. The number of nitrogens with one attached hydrogen (secondary N) is 1. The molecule has 1 N–H and O–H groups in total. The molecule has 1 aliphatic heterocycles. The van der Waals surface area contributed by atoms with Crippen LogP contribution in [0.5, 0.6) is 0 Å². The molecular formula is C11H19NO4. The highest BCUT2D eigenvalue weighted by Crippen LogP contribution is 2.16. The Balaban J connectivity index is 2.29. The fraction of sp³-hybridized carbons (Fsp3) is 0.727. The first-order valence-electron chi connectivity index (χ1n) is 5.96. The topological polar surface area (TPSA) is 56.8 Å². The number of ether oxygens (including phenoxy) is 3. The zero-order valence-corrected chi connectivity index (χ0v) is 9.48. The lowest BCUT2D eigenvalue weighted by atomic mass is 10.2. The van der Waals surface area contributed by atoms with Gasteiger partial charge >= 0.3 is 6.09 Å². The second kappa shape index (κ2) is 7.24. The number of amides is 1.